The van der Waals surface area contributed by atoms with Crippen LogP contribution in [0.4, 0.5) is 5.69 Å². The van der Waals surface area contributed by atoms with Gasteiger partial charge in [-0.05, 0) is 42.8 Å². The minimum absolute atomic E-state index is 0.104. The van der Waals surface area contributed by atoms with Crippen molar-refractivity contribution < 1.29 is 17.6 Å². The van der Waals surface area contributed by atoms with E-state index in [9.17, 15) is 13.2 Å². The molecule has 0 atom stereocenters. The van der Waals surface area contributed by atoms with Crippen LogP contribution in [-0.2, 0) is 27.9 Å². The number of nitrogens with zero attached hydrogens (tertiary/aromatic N) is 2. The van der Waals surface area contributed by atoms with Crippen molar-refractivity contribution in [1.29, 1.82) is 0 Å². The summed E-state index contributed by atoms with van der Waals surface area (Å²) in [7, 11) is -0.631. The van der Waals surface area contributed by atoms with E-state index in [0.29, 0.717) is 12.1 Å². The molecule has 3 rings (SSSR count). The van der Waals surface area contributed by atoms with Crippen LogP contribution in [0.1, 0.15) is 16.9 Å². The Bertz CT molecular complexity index is 1110. The number of sulfonamides is 1. The van der Waals surface area contributed by atoms with Crippen LogP contribution in [-0.4, -0.2) is 39.3 Å². The van der Waals surface area contributed by atoms with Crippen LogP contribution in [0.25, 0.3) is 0 Å². The second-order valence-corrected chi connectivity index (χ2v) is 9.56. The molecule has 0 bridgehead atoms. The molecule has 0 saturated carbocycles. The smallest absolute Gasteiger partial charge is 0.242 e. The molecule has 164 valence electrons. The summed E-state index contributed by atoms with van der Waals surface area (Å²) < 4.78 is 31.7. The molecule has 0 saturated heterocycles. The van der Waals surface area contributed by atoms with E-state index >= 15 is 0 Å². The summed E-state index contributed by atoms with van der Waals surface area (Å²) >= 11 is 0. The van der Waals surface area contributed by atoms with Crippen molar-refractivity contribution in [3.05, 3.63) is 83.8 Å². The molecular weight excluding hydrogens is 414 g/mol. The average molecular weight is 442 g/mol. The SMILES string of the molecule is Cc1ccc(N(CC(=O)NCc2ccccc2S(=O)(=O)N(C)C)Cc2ccco2)cc1. The van der Waals surface area contributed by atoms with Gasteiger partial charge in [0, 0.05) is 26.3 Å². The standard InChI is InChI=1S/C23H27N3O4S/c1-18-10-12-20(13-11-18)26(16-21-8-6-14-30-21)17-23(27)24-15-19-7-4-5-9-22(19)31(28,29)25(2)3/h4-14H,15-17H2,1-3H3,(H,24,27). The summed E-state index contributed by atoms with van der Waals surface area (Å²) in [5.41, 5.74) is 2.56. The Hall–Kier alpha value is -3.10. The quantitative estimate of drug-likeness (QED) is 0.552. The number of benzene rings is 2. The summed E-state index contributed by atoms with van der Waals surface area (Å²) in [5, 5.41) is 2.85. The van der Waals surface area contributed by atoms with Crippen LogP contribution in [0.5, 0.6) is 0 Å². The topological polar surface area (TPSA) is 82.9 Å². The molecule has 0 aliphatic heterocycles. The molecule has 31 heavy (non-hydrogen) atoms. The van der Waals surface area contributed by atoms with Gasteiger partial charge in [0.1, 0.15) is 5.76 Å². The van der Waals surface area contributed by atoms with Gasteiger partial charge in [-0.15, -0.1) is 0 Å². The molecule has 0 unspecified atom stereocenters. The summed E-state index contributed by atoms with van der Waals surface area (Å²) in [5.74, 6) is 0.528. The van der Waals surface area contributed by atoms with E-state index in [-0.39, 0.29) is 23.9 Å². The van der Waals surface area contributed by atoms with Gasteiger partial charge in [-0.1, -0.05) is 35.9 Å². The Morgan fingerprint density at radius 2 is 1.71 bits per heavy atom. The lowest BCUT2D eigenvalue weighted by atomic mass is 10.2. The van der Waals surface area contributed by atoms with E-state index in [0.717, 1.165) is 21.3 Å². The van der Waals surface area contributed by atoms with Crippen LogP contribution < -0.4 is 10.2 Å². The normalized spacial score (nSPS) is 11.5. The molecule has 1 N–H and O–H groups in total. The predicted molar refractivity (Wildman–Crippen MR) is 120 cm³/mol. The van der Waals surface area contributed by atoms with Crippen LogP contribution in [0.15, 0.2) is 76.2 Å². The molecule has 0 aliphatic rings. The number of anilines is 1. The number of hydrogen-bond donors (Lipinski definition) is 1. The van der Waals surface area contributed by atoms with E-state index in [2.05, 4.69) is 5.32 Å². The molecule has 1 heterocycles. The van der Waals surface area contributed by atoms with Gasteiger partial charge in [0.25, 0.3) is 0 Å². The van der Waals surface area contributed by atoms with Crippen molar-refractivity contribution in [3.8, 4) is 0 Å². The van der Waals surface area contributed by atoms with Crippen molar-refractivity contribution in [1.82, 2.24) is 9.62 Å². The predicted octanol–water partition coefficient (Wildman–Crippen LogP) is 3.16. The number of rotatable bonds is 9. The lowest BCUT2D eigenvalue weighted by Crippen LogP contribution is -2.37. The van der Waals surface area contributed by atoms with Gasteiger partial charge >= 0.3 is 0 Å². The lowest BCUT2D eigenvalue weighted by molar-refractivity contribution is -0.120. The van der Waals surface area contributed by atoms with Gasteiger partial charge in [0.15, 0.2) is 0 Å². The summed E-state index contributed by atoms with van der Waals surface area (Å²) in [6, 6.07) is 18.3. The van der Waals surface area contributed by atoms with Gasteiger partial charge in [0.2, 0.25) is 15.9 Å². The van der Waals surface area contributed by atoms with Crippen molar-refractivity contribution >= 4 is 21.6 Å². The Balaban J connectivity index is 1.73. The van der Waals surface area contributed by atoms with Crippen LogP contribution in [0.3, 0.4) is 0 Å². The van der Waals surface area contributed by atoms with Crippen LogP contribution in [0.2, 0.25) is 0 Å². The van der Waals surface area contributed by atoms with Gasteiger partial charge in [-0.3, -0.25) is 4.79 Å². The molecule has 0 aliphatic carbocycles. The van der Waals surface area contributed by atoms with E-state index in [4.69, 9.17) is 4.42 Å². The van der Waals surface area contributed by atoms with E-state index in [1.165, 1.54) is 14.1 Å². The molecule has 0 radical (unpaired) electrons. The van der Waals surface area contributed by atoms with Crippen molar-refractivity contribution in [2.75, 3.05) is 25.5 Å². The first-order valence-electron chi connectivity index (χ1n) is 9.88. The third-order valence-electron chi connectivity index (χ3n) is 4.87. The van der Waals surface area contributed by atoms with Crippen molar-refractivity contribution in [2.24, 2.45) is 0 Å². The minimum atomic E-state index is -3.60. The number of hydrogen-bond acceptors (Lipinski definition) is 5. The molecule has 1 aromatic heterocycles. The third kappa shape index (κ3) is 5.74. The zero-order valence-corrected chi connectivity index (χ0v) is 18.7. The van der Waals surface area contributed by atoms with Crippen molar-refractivity contribution in [3.63, 3.8) is 0 Å². The first kappa shape index (κ1) is 22.6. The average Bonchev–Trinajstić information content (AvgIpc) is 3.25. The Kier molecular flexibility index (Phi) is 7.14. The number of amides is 1. The Morgan fingerprint density at radius 3 is 2.35 bits per heavy atom. The molecule has 3 aromatic rings. The summed E-state index contributed by atoms with van der Waals surface area (Å²) in [6.45, 7) is 2.67. The maximum Gasteiger partial charge on any atom is 0.242 e. The number of aryl methyl sites for hydroxylation is 1. The molecular formula is C23H27N3O4S. The number of carbonyl (C=O) groups is 1. The lowest BCUT2D eigenvalue weighted by Gasteiger charge is -2.23. The molecule has 2 aromatic carbocycles. The molecule has 1 amide bonds. The number of furan rings is 1. The third-order valence-corrected chi connectivity index (χ3v) is 6.78. The highest BCUT2D eigenvalue weighted by Crippen LogP contribution is 2.20. The Morgan fingerprint density at radius 1 is 1.00 bits per heavy atom. The molecule has 0 fully saturated rings. The van der Waals surface area contributed by atoms with Gasteiger partial charge in [0.05, 0.1) is 24.2 Å². The fraction of sp³-hybridized carbons (Fsp3) is 0.261. The fourth-order valence-electron chi connectivity index (χ4n) is 3.11. The largest absolute Gasteiger partial charge is 0.467 e. The van der Waals surface area contributed by atoms with E-state index in [1.54, 1.807) is 30.5 Å². The number of nitrogens with one attached hydrogen (secondary N) is 1. The van der Waals surface area contributed by atoms with E-state index < -0.39 is 10.0 Å². The van der Waals surface area contributed by atoms with Crippen LogP contribution >= 0.6 is 0 Å². The van der Waals surface area contributed by atoms with Crippen molar-refractivity contribution in [2.45, 2.75) is 24.9 Å². The first-order valence-corrected chi connectivity index (χ1v) is 11.3. The number of carbonyl (C=O) groups excluding carboxylic acids is 1. The maximum absolute atomic E-state index is 12.7. The highest BCUT2D eigenvalue weighted by Gasteiger charge is 2.21. The summed E-state index contributed by atoms with van der Waals surface area (Å²) in [4.78, 5) is 14.8. The molecule has 0 spiro atoms. The monoisotopic (exact) mass is 441 g/mol. The fourth-order valence-corrected chi connectivity index (χ4v) is 4.22. The minimum Gasteiger partial charge on any atom is -0.467 e. The highest BCUT2D eigenvalue weighted by molar-refractivity contribution is 7.89. The second-order valence-electron chi connectivity index (χ2n) is 7.44. The van der Waals surface area contributed by atoms with Crippen LogP contribution in [0, 0.1) is 6.92 Å². The van der Waals surface area contributed by atoms with Gasteiger partial charge < -0.3 is 14.6 Å². The van der Waals surface area contributed by atoms with Gasteiger partial charge in [-0.2, -0.15) is 0 Å². The second kappa shape index (κ2) is 9.80. The highest BCUT2D eigenvalue weighted by atomic mass is 32.2. The Labute approximate surface area is 183 Å². The molecule has 7 nitrogen and oxygen atoms in total. The zero-order chi connectivity index (χ0) is 22.4. The first-order chi connectivity index (χ1) is 14.8. The zero-order valence-electron chi connectivity index (χ0n) is 17.9. The summed E-state index contributed by atoms with van der Waals surface area (Å²) in [6.07, 6.45) is 1.60. The van der Waals surface area contributed by atoms with Gasteiger partial charge in [-0.25, -0.2) is 12.7 Å². The molecule has 8 heteroatoms. The maximum atomic E-state index is 12.7. The van der Waals surface area contributed by atoms with E-state index in [1.807, 2.05) is 48.2 Å².